The first kappa shape index (κ1) is 12.5. The highest BCUT2D eigenvalue weighted by molar-refractivity contribution is 5.68. The van der Waals surface area contributed by atoms with Crippen molar-refractivity contribution in [1.29, 1.82) is 0 Å². The number of ether oxygens (including phenoxy) is 1. The Balaban J connectivity index is 1.70. The van der Waals surface area contributed by atoms with E-state index >= 15 is 0 Å². The van der Waals surface area contributed by atoms with Crippen LogP contribution in [0.2, 0.25) is 0 Å². The van der Waals surface area contributed by atoms with Gasteiger partial charge in [-0.2, -0.15) is 0 Å². The van der Waals surface area contributed by atoms with E-state index in [1.165, 1.54) is 45.8 Å². The summed E-state index contributed by atoms with van der Waals surface area (Å²) in [5.74, 6) is -0.0743. The molecule has 1 unspecified atom stereocenters. The van der Waals surface area contributed by atoms with Gasteiger partial charge in [-0.05, 0) is 12.8 Å². The molecule has 1 heterocycles. The van der Waals surface area contributed by atoms with E-state index in [4.69, 9.17) is 0 Å². The van der Waals surface area contributed by atoms with E-state index in [2.05, 4.69) is 10.1 Å². The molecule has 15 heavy (non-hydrogen) atoms. The van der Waals surface area contributed by atoms with Crippen LogP contribution in [0, 0.1) is 0 Å². The largest absolute Gasteiger partial charge is 0.469 e. The van der Waals surface area contributed by atoms with E-state index in [1.807, 2.05) is 0 Å². The highest BCUT2D eigenvalue weighted by Crippen LogP contribution is 2.12. The number of rotatable bonds is 9. The zero-order chi connectivity index (χ0) is 10.9. The minimum atomic E-state index is -0.0743. The lowest BCUT2D eigenvalue weighted by molar-refractivity contribution is -0.140. The van der Waals surface area contributed by atoms with E-state index in [-0.39, 0.29) is 5.97 Å². The van der Waals surface area contributed by atoms with Gasteiger partial charge in [0.2, 0.25) is 0 Å². The number of hydrogen-bond donors (Lipinski definition) is 1. The van der Waals surface area contributed by atoms with E-state index in [1.54, 1.807) is 0 Å². The molecule has 0 radical (unpaired) electrons. The first-order valence-corrected chi connectivity index (χ1v) is 6.13. The minimum absolute atomic E-state index is 0.0743. The van der Waals surface area contributed by atoms with Crippen LogP contribution in [0.4, 0.5) is 0 Å². The monoisotopic (exact) mass is 213 g/mol. The van der Waals surface area contributed by atoms with Crippen LogP contribution in [-0.4, -0.2) is 25.7 Å². The quantitative estimate of drug-likeness (QED) is 0.363. The molecule has 0 aliphatic carbocycles. The zero-order valence-electron chi connectivity index (χ0n) is 9.76. The highest BCUT2D eigenvalue weighted by atomic mass is 16.5. The number of esters is 1. The lowest BCUT2D eigenvalue weighted by atomic mass is 10.1. The average Bonchev–Trinajstić information content (AvgIpc) is 3.05. The summed E-state index contributed by atoms with van der Waals surface area (Å²) in [5, 5.41) is 3.31. The molecule has 1 fully saturated rings. The number of hydrogen-bond acceptors (Lipinski definition) is 3. The predicted octanol–water partition coefficient (Wildman–Crippen LogP) is 2.25. The average molecular weight is 213 g/mol. The second-order valence-electron chi connectivity index (χ2n) is 4.34. The van der Waals surface area contributed by atoms with Crippen molar-refractivity contribution in [2.24, 2.45) is 0 Å². The van der Waals surface area contributed by atoms with Crippen molar-refractivity contribution in [3.05, 3.63) is 0 Å². The summed E-state index contributed by atoms with van der Waals surface area (Å²) in [4.78, 5) is 10.8. The maximum absolute atomic E-state index is 10.8. The second-order valence-corrected chi connectivity index (χ2v) is 4.34. The van der Waals surface area contributed by atoms with Gasteiger partial charge in [0, 0.05) is 19.0 Å². The Morgan fingerprint density at radius 2 is 1.80 bits per heavy atom. The molecule has 3 nitrogen and oxygen atoms in total. The molecule has 3 heteroatoms. The Morgan fingerprint density at radius 3 is 2.40 bits per heavy atom. The Kier molecular flexibility index (Phi) is 6.41. The number of carbonyl (C=O) groups is 1. The van der Waals surface area contributed by atoms with Crippen molar-refractivity contribution in [1.82, 2.24) is 5.32 Å². The molecule has 0 aromatic rings. The lowest BCUT2D eigenvalue weighted by Gasteiger charge is -2.01. The Labute approximate surface area is 92.6 Å². The number of nitrogens with one attached hydrogen (secondary N) is 1. The van der Waals surface area contributed by atoms with E-state index in [0.717, 1.165) is 18.9 Å². The summed E-state index contributed by atoms with van der Waals surface area (Å²) < 4.78 is 4.58. The molecule has 1 aliphatic rings. The van der Waals surface area contributed by atoms with Crippen molar-refractivity contribution < 1.29 is 9.53 Å². The maximum Gasteiger partial charge on any atom is 0.305 e. The standard InChI is InChI=1S/C12H23NO2/c1-15-12(14)9-7-5-3-2-4-6-8-11-10-13-11/h11,13H,2-10H2,1H3. The molecule has 1 aliphatic heterocycles. The van der Waals surface area contributed by atoms with Crippen molar-refractivity contribution in [2.45, 2.75) is 57.4 Å². The number of carbonyl (C=O) groups excluding carboxylic acids is 1. The van der Waals surface area contributed by atoms with Gasteiger partial charge in [-0.3, -0.25) is 4.79 Å². The van der Waals surface area contributed by atoms with Gasteiger partial charge >= 0.3 is 5.97 Å². The lowest BCUT2D eigenvalue weighted by Crippen LogP contribution is -1.99. The predicted molar refractivity (Wildman–Crippen MR) is 60.7 cm³/mol. The fraction of sp³-hybridized carbons (Fsp3) is 0.917. The van der Waals surface area contributed by atoms with Crippen LogP contribution in [0.25, 0.3) is 0 Å². The fourth-order valence-electron chi connectivity index (χ4n) is 1.76. The molecule has 0 bridgehead atoms. The number of unbranched alkanes of at least 4 members (excludes halogenated alkanes) is 5. The Hall–Kier alpha value is -0.570. The third kappa shape index (κ3) is 7.37. The van der Waals surface area contributed by atoms with Crippen LogP contribution in [-0.2, 0) is 9.53 Å². The topological polar surface area (TPSA) is 48.2 Å². The molecule has 1 atom stereocenters. The summed E-state index contributed by atoms with van der Waals surface area (Å²) in [5.41, 5.74) is 0. The smallest absolute Gasteiger partial charge is 0.305 e. The van der Waals surface area contributed by atoms with Gasteiger partial charge in [-0.25, -0.2) is 0 Å². The van der Waals surface area contributed by atoms with Crippen LogP contribution in [0.1, 0.15) is 51.4 Å². The summed E-state index contributed by atoms with van der Waals surface area (Å²) in [6, 6.07) is 0.837. The number of methoxy groups -OCH3 is 1. The van der Waals surface area contributed by atoms with E-state index in [9.17, 15) is 4.79 Å². The molecular formula is C12H23NO2. The Morgan fingerprint density at radius 1 is 1.20 bits per heavy atom. The summed E-state index contributed by atoms with van der Waals surface area (Å²) >= 11 is 0. The molecule has 0 aromatic carbocycles. The van der Waals surface area contributed by atoms with E-state index < -0.39 is 0 Å². The minimum Gasteiger partial charge on any atom is -0.469 e. The highest BCUT2D eigenvalue weighted by Gasteiger charge is 2.18. The van der Waals surface area contributed by atoms with Gasteiger partial charge in [-0.1, -0.05) is 32.1 Å². The molecule has 0 saturated carbocycles. The van der Waals surface area contributed by atoms with Crippen molar-refractivity contribution in [2.75, 3.05) is 13.7 Å². The molecular weight excluding hydrogens is 190 g/mol. The summed E-state index contributed by atoms with van der Waals surface area (Å²) in [6.45, 7) is 1.24. The van der Waals surface area contributed by atoms with Crippen LogP contribution >= 0.6 is 0 Å². The van der Waals surface area contributed by atoms with Gasteiger partial charge in [0.15, 0.2) is 0 Å². The van der Waals surface area contributed by atoms with Crippen LogP contribution in [0.15, 0.2) is 0 Å². The molecule has 88 valence electrons. The zero-order valence-corrected chi connectivity index (χ0v) is 9.76. The first-order valence-electron chi connectivity index (χ1n) is 6.13. The molecule has 0 amide bonds. The molecule has 0 spiro atoms. The fourth-order valence-corrected chi connectivity index (χ4v) is 1.76. The van der Waals surface area contributed by atoms with Gasteiger partial charge in [0.25, 0.3) is 0 Å². The van der Waals surface area contributed by atoms with Gasteiger partial charge in [-0.15, -0.1) is 0 Å². The third-order valence-corrected chi connectivity index (χ3v) is 2.90. The molecule has 1 saturated heterocycles. The third-order valence-electron chi connectivity index (χ3n) is 2.90. The Bertz CT molecular complexity index is 178. The van der Waals surface area contributed by atoms with Crippen LogP contribution in [0.3, 0.4) is 0 Å². The molecule has 1 N–H and O–H groups in total. The normalized spacial score (nSPS) is 18.9. The first-order chi connectivity index (χ1) is 7.33. The summed E-state index contributed by atoms with van der Waals surface area (Å²) in [7, 11) is 1.45. The van der Waals surface area contributed by atoms with Crippen molar-refractivity contribution in [3.8, 4) is 0 Å². The second kappa shape index (κ2) is 7.69. The summed E-state index contributed by atoms with van der Waals surface area (Å²) in [6.07, 6.45) is 9.35. The molecule has 1 rings (SSSR count). The maximum atomic E-state index is 10.8. The van der Waals surface area contributed by atoms with Crippen molar-refractivity contribution >= 4 is 5.97 Å². The van der Waals surface area contributed by atoms with Crippen LogP contribution < -0.4 is 5.32 Å². The molecule has 0 aromatic heterocycles. The SMILES string of the molecule is COC(=O)CCCCCCCCC1CN1. The van der Waals surface area contributed by atoms with Gasteiger partial charge < -0.3 is 10.1 Å². The van der Waals surface area contributed by atoms with Gasteiger partial charge in [0.1, 0.15) is 0 Å². The van der Waals surface area contributed by atoms with Crippen molar-refractivity contribution in [3.63, 3.8) is 0 Å². The van der Waals surface area contributed by atoms with Gasteiger partial charge in [0.05, 0.1) is 7.11 Å². The van der Waals surface area contributed by atoms with E-state index in [0.29, 0.717) is 6.42 Å². The van der Waals surface area contributed by atoms with Crippen LogP contribution in [0.5, 0.6) is 0 Å².